The first kappa shape index (κ1) is 13.9. The summed E-state index contributed by atoms with van der Waals surface area (Å²) in [4.78, 5) is 14.8. The van der Waals surface area contributed by atoms with Gasteiger partial charge < -0.3 is 10.8 Å². The van der Waals surface area contributed by atoms with E-state index in [4.69, 9.17) is 10.8 Å². The second-order valence-electron chi connectivity index (χ2n) is 3.97. The van der Waals surface area contributed by atoms with E-state index in [2.05, 4.69) is 4.98 Å². The van der Waals surface area contributed by atoms with Gasteiger partial charge in [0.25, 0.3) is 0 Å². The van der Waals surface area contributed by atoms with Gasteiger partial charge >= 0.3 is 12.1 Å². The fourth-order valence-electron chi connectivity index (χ4n) is 1.89. The van der Waals surface area contributed by atoms with Crippen LogP contribution in [0.2, 0.25) is 0 Å². The molecule has 20 heavy (non-hydrogen) atoms. The zero-order valence-electron chi connectivity index (χ0n) is 9.98. The molecule has 0 aliphatic carbocycles. The molecule has 7 heteroatoms. The van der Waals surface area contributed by atoms with Gasteiger partial charge in [0.1, 0.15) is 5.82 Å². The highest BCUT2D eigenvalue weighted by Crippen LogP contribution is 2.39. The van der Waals surface area contributed by atoms with Crippen molar-refractivity contribution in [2.45, 2.75) is 6.18 Å². The summed E-state index contributed by atoms with van der Waals surface area (Å²) >= 11 is 0. The van der Waals surface area contributed by atoms with Gasteiger partial charge in [-0.3, -0.25) is 0 Å². The Kier molecular flexibility index (Phi) is 3.35. The van der Waals surface area contributed by atoms with Gasteiger partial charge in [-0.1, -0.05) is 18.2 Å². The van der Waals surface area contributed by atoms with Crippen LogP contribution >= 0.6 is 0 Å². The first-order valence-corrected chi connectivity index (χ1v) is 5.46. The molecule has 0 radical (unpaired) electrons. The zero-order chi connectivity index (χ0) is 14.9. The standard InChI is InChI=1S/C13H9F3N2O2/c14-13(15,16)9-4-2-1-3-7(9)10-8(12(19)20)5-6-18-11(10)17/h1-6H,(H2,17,18)(H,19,20). The minimum atomic E-state index is -4.62. The number of rotatable bonds is 2. The quantitative estimate of drug-likeness (QED) is 0.887. The Morgan fingerprint density at radius 2 is 1.85 bits per heavy atom. The van der Waals surface area contributed by atoms with Crippen LogP contribution in [0.3, 0.4) is 0 Å². The fraction of sp³-hybridized carbons (Fsp3) is 0.0769. The maximum atomic E-state index is 13.0. The lowest BCUT2D eigenvalue weighted by Crippen LogP contribution is -2.10. The molecule has 0 atom stereocenters. The molecule has 1 aromatic carbocycles. The third kappa shape index (κ3) is 2.42. The smallest absolute Gasteiger partial charge is 0.417 e. The van der Waals surface area contributed by atoms with Gasteiger partial charge in [0.2, 0.25) is 0 Å². The number of hydrogen-bond acceptors (Lipinski definition) is 3. The maximum absolute atomic E-state index is 13.0. The SMILES string of the molecule is Nc1nccc(C(=O)O)c1-c1ccccc1C(F)(F)F. The minimum Gasteiger partial charge on any atom is -0.478 e. The van der Waals surface area contributed by atoms with E-state index in [1.54, 1.807) is 0 Å². The van der Waals surface area contributed by atoms with Gasteiger partial charge in [-0.25, -0.2) is 9.78 Å². The molecule has 1 aromatic heterocycles. The summed E-state index contributed by atoms with van der Waals surface area (Å²) in [5.74, 6) is -1.63. The van der Waals surface area contributed by atoms with Crippen molar-refractivity contribution in [2.24, 2.45) is 0 Å². The van der Waals surface area contributed by atoms with Crippen molar-refractivity contribution in [2.75, 3.05) is 5.73 Å². The molecule has 0 saturated heterocycles. The van der Waals surface area contributed by atoms with Crippen LogP contribution in [0.4, 0.5) is 19.0 Å². The summed E-state index contributed by atoms with van der Waals surface area (Å²) in [6.07, 6.45) is -3.48. The van der Waals surface area contributed by atoms with Crippen molar-refractivity contribution in [1.82, 2.24) is 4.98 Å². The summed E-state index contributed by atoms with van der Waals surface area (Å²) in [5, 5.41) is 9.08. The minimum absolute atomic E-state index is 0.229. The fourth-order valence-corrected chi connectivity index (χ4v) is 1.89. The molecular formula is C13H9F3N2O2. The zero-order valence-corrected chi connectivity index (χ0v) is 9.98. The molecule has 1 heterocycles. The number of aromatic carboxylic acids is 1. The molecule has 104 valence electrons. The Hall–Kier alpha value is -2.57. The topological polar surface area (TPSA) is 76.2 Å². The molecule has 0 spiro atoms. The molecule has 0 bridgehead atoms. The number of anilines is 1. The molecule has 0 amide bonds. The van der Waals surface area contributed by atoms with E-state index in [-0.39, 0.29) is 22.5 Å². The van der Waals surface area contributed by atoms with Crippen LogP contribution in [0.15, 0.2) is 36.5 Å². The maximum Gasteiger partial charge on any atom is 0.417 e. The largest absolute Gasteiger partial charge is 0.478 e. The third-order valence-corrected chi connectivity index (χ3v) is 2.71. The van der Waals surface area contributed by atoms with Gasteiger partial charge in [-0.2, -0.15) is 13.2 Å². The second-order valence-corrected chi connectivity index (χ2v) is 3.97. The van der Waals surface area contributed by atoms with E-state index in [1.165, 1.54) is 18.2 Å². The summed E-state index contributed by atoms with van der Waals surface area (Å²) in [7, 11) is 0. The average molecular weight is 282 g/mol. The van der Waals surface area contributed by atoms with Crippen LogP contribution in [0.1, 0.15) is 15.9 Å². The number of aromatic nitrogens is 1. The molecular weight excluding hydrogens is 273 g/mol. The first-order valence-electron chi connectivity index (χ1n) is 5.46. The molecule has 4 nitrogen and oxygen atoms in total. The molecule has 3 N–H and O–H groups in total. The van der Waals surface area contributed by atoms with Gasteiger partial charge in [0.15, 0.2) is 0 Å². The number of carboxylic acid groups (broad SMARTS) is 1. The van der Waals surface area contributed by atoms with E-state index < -0.39 is 17.7 Å². The Morgan fingerprint density at radius 1 is 1.20 bits per heavy atom. The Morgan fingerprint density at radius 3 is 2.45 bits per heavy atom. The van der Waals surface area contributed by atoms with Crippen molar-refractivity contribution in [3.63, 3.8) is 0 Å². The Balaban J connectivity index is 2.79. The normalized spacial score (nSPS) is 11.3. The van der Waals surface area contributed by atoms with Gasteiger partial charge in [-0.05, 0) is 17.7 Å². The van der Waals surface area contributed by atoms with Crippen molar-refractivity contribution in [3.8, 4) is 11.1 Å². The second kappa shape index (κ2) is 4.84. The number of pyridine rings is 1. The van der Waals surface area contributed by atoms with Gasteiger partial charge in [0, 0.05) is 11.8 Å². The average Bonchev–Trinajstić information content (AvgIpc) is 2.37. The number of nitrogens with two attached hydrogens (primary N) is 1. The van der Waals surface area contributed by atoms with E-state index in [0.717, 1.165) is 18.3 Å². The number of carboxylic acids is 1. The van der Waals surface area contributed by atoms with Crippen LogP contribution in [0.5, 0.6) is 0 Å². The number of hydrogen-bond donors (Lipinski definition) is 2. The summed E-state index contributed by atoms with van der Waals surface area (Å²) in [6, 6.07) is 5.75. The number of nitrogen functional groups attached to an aromatic ring is 1. The number of alkyl halides is 3. The lowest BCUT2D eigenvalue weighted by molar-refractivity contribution is -0.137. The molecule has 2 aromatic rings. The highest BCUT2D eigenvalue weighted by Gasteiger charge is 2.34. The predicted octanol–water partition coefficient (Wildman–Crippen LogP) is 3.05. The van der Waals surface area contributed by atoms with Crippen molar-refractivity contribution >= 4 is 11.8 Å². The molecule has 0 saturated carbocycles. The third-order valence-electron chi connectivity index (χ3n) is 2.71. The highest BCUT2D eigenvalue weighted by molar-refractivity contribution is 5.99. The van der Waals surface area contributed by atoms with Crippen LogP contribution in [0.25, 0.3) is 11.1 Å². The van der Waals surface area contributed by atoms with Gasteiger partial charge in [0.05, 0.1) is 11.1 Å². The van der Waals surface area contributed by atoms with Crippen molar-refractivity contribution in [1.29, 1.82) is 0 Å². The number of carbonyl (C=O) groups is 1. The number of nitrogens with zero attached hydrogens (tertiary/aromatic N) is 1. The van der Waals surface area contributed by atoms with E-state index >= 15 is 0 Å². The predicted molar refractivity (Wildman–Crippen MR) is 66.0 cm³/mol. The molecule has 0 unspecified atom stereocenters. The highest BCUT2D eigenvalue weighted by atomic mass is 19.4. The van der Waals surface area contributed by atoms with Crippen LogP contribution in [-0.2, 0) is 6.18 Å². The van der Waals surface area contributed by atoms with Crippen molar-refractivity contribution < 1.29 is 23.1 Å². The lowest BCUT2D eigenvalue weighted by Gasteiger charge is -2.15. The van der Waals surface area contributed by atoms with E-state index in [9.17, 15) is 18.0 Å². The monoisotopic (exact) mass is 282 g/mol. The molecule has 0 aliphatic heterocycles. The van der Waals surface area contributed by atoms with Crippen LogP contribution < -0.4 is 5.73 Å². The molecule has 0 fully saturated rings. The van der Waals surface area contributed by atoms with Gasteiger partial charge in [-0.15, -0.1) is 0 Å². The summed E-state index contributed by atoms with van der Waals surface area (Å²) < 4.78 is 39.0. The molecule has 2 rings (SSSR count). The lowest BCUT2D eigenvalue weighted by atomic mass is 9.96. The van der Waals surface area contributed by atoms with Crippen molar-refractivity contribution in [3.05, 3.63) is 47.7 Å². The molecule has 0 aliphatic rings. The number of halogens is 3. The van der Waals surface area contributed by atoms with Crippen LogP contribution in [-0.4, -0.2) is 16.1 Å². The first-order chi connectivity index (χ1) is 9.32. The van der Waals surface area contributed by atoms with Crippen LogP contribution in [0, 0.1) is 0 Å². The number of benzene rings is 1. The Bertz CT molecular complexity index is 669. The van der Waals surface area contributed by atoms with E-state index in [0.29, 0.717) is 0 Å². The Labute approximate surface area is 111 Å². The van der Waals surface area contributed by atoms with E-state index in [1.807, 2.05) is 0 Å². The summed E-state index contributed by atoms with van der Waals surface area (Å²) in [5.41, 5.74) is 3.75. The summed E-state index contributed by atoms with van der Waals surface area (Å²) in [6.45, 7) is 0.